The number of carbonyl (C=O) groups is 1. The molecule has 5 heteroatoms. The summed E-state index contributed by atoms with van der Waals surface area (Å²) in [7, 11) is 0. The van der Waals surface area contributed by atoms with Crippen molar-refractivity contribution in [1.29, 1.82) is 0 Å². The van der Waals surface area contributed by atoms with Crippen LogP contribution >= 0.6 is 11.6 Å². The van der Waals surface area contributed by atoms with E-state index >= 15 is 0 Å². The van der Waals surface area contributed by atoms with Gasteiger partial charge in [-0.1, -0.05) is 30.7 Å². The molecule has 0 saturated heterocycles. The Labute approximate surface area is 111 Å². The highest BCUT2D eigenvalue weighted by Crippen LogP contribution is 2.12. The van der Waals surface area contributed by atoms with Gasteiger partial charge in [0, 0.05) is 17.1 Å². The zero-order valence-electron chi connectivity index (χ0n) is 10.1. The van der Waals surface area contributed by atoms with E-state index in [0.29, 0.717) is 16.4 Å². The van der Waals surface area contributed by atoms with Crippen molar-refractivity contribution in [2.45, 2.75) is 26.3 Å². The van der Waals surface area contributed by atoms with Crippen LogP contribution in [0.15, 0.2) is 30.6 Å². The molecule has 0 fully saturated rings. The number of hydrogen-bond acceptors (Lipinski definition) is 3. The highest BCUT2D eigenvalue weighted by Gasteiger charge is 2.12. The molecule has 0 saturated carbocycles. The van der Waals surface area contributed by atoms with Gasteiger partial charge in [-0.25, -0.2) is 9.67 Å². The second kappa shape index (κ2) is 5.78. The van der Waals surface area contributed by atoms with E-state index < -0.39 is 0 Å². The molecular weight excluding hydrogens is 250 g/mol. The first kappa shape index (κ1) is 12.8. The van der Waals surface area contributed by atoms with Crippen LogP contribution in [0.5, 0.6) is 0 Å². The molecule has 0 bridgehead atoms. The standard InChI is InChI=1S/C13H14ClN3O/c1-2-6-17-13(15-9-16-17)8-12(18)10-4-3-5-11(14)7-10/h3-5,7,9H,2,6,8H2,1H3. The van der Waals surface area contributed by atoms with Gasteiger partial charge in [0.05, 0.1) is 6.42 Å². The molecular formula is C13H14ClN3O. The van der Waals surface area contributed by atoms with Gasteiger partial charge in [-0.15, -0.1) is 0 Å². The molecule has 0 N–H and O–H groups in total. The quantitative estimate of drug-likeness (QED) is 0.780. The van der Waals surface area contributed by atoms with Crippen LogP contribution in [-0.2, 0) is 13.0 Å². The summed E-state index contributed by atoms with van der Waals surface area (Å²) in [5.74, 6) is 0.699. The first-order valence-corrected chi connectivity index (χ1v) is 6.24. The van der Waals surface area contributed by atoms with Gasteiger partial charge in [-0.2, -0.15) is 5.10 Å². The Morgan fingerprint density at radius 2 is 2.28 bits per heavy atom. The normalized spacial score (nSPS) is 10.6. The maximum Gasteiger partial charge on any atom is 0.170 e. The molecule has 0 atom stereocenters. The van der Waals surface area contributed by atoms with Crippen molar-refractivity contribution < 1.29 is 4.79 Å². The van der Waals surface area contributed by atoms with Crippen LogP contribution in [0.2, 0.25) is 5.02 Å². The lowest BCUT2D eigenvalue weighted by Crippen LogP contribution is -2.11. The van der Waals surface area contributed by atoms with Crippen LogP contribution in [0.1, 0.15) is 29.5 Å². The van der Waals surface area contributed by atoms with E-state index in [1.807, 2.05) is 0 Å². The number of rotatable bonds is 5. The van der Waals surface area contributed by atoms with E-state index in [9.17, 15) is 4.79 Å². The fourth-order valence-electron chi connectivity index (χ4n) is 1.73. The predicted molar refractivity (Wildman–Crippen MR) is 69.8 cm³/mol. The number of halogens is 1. The Morgan fingerprint density at radius 3 is 3.00 bits per heavy atom. The first-order chi connectivity index (χ1) is 8.70. The highest BCUT2D eigenvalue weighted by atomic mass is 35.5. The second-order valence-corrected chi connectivity index (χ2v) is 4.45. The van der Waals surface area contributed by atoms with E-state index in [1.54, 1.807) is 28.9 Å². The monoisotopic (exact) mass is 263 g/mol. The van der Waals surface area contributed by atoms with Crippen LogP contribution < -0.4 is 0 Å². The predicted octanol–water partition coefficient (Wildman–Crippen LogP) is 2.77. The maximum absolute atomic E-state index is 12.1. The molecule has 0 amide bonds. The lowest BCUT2D eigenvalue weighted by molar-refractivity contribution is 0.0989. The van der Waals surface area contributed by atoms with Crippen molar-refractivity contribution in [1.82, 2.24) is 14.8 Å². The van der Waals surface area contributed by atoms with E-state index in [4.69, 9.17) is 11.6 Å². The van der Waals surface area contributed by atoms with Gasteiger partial charge < -0.3 is 0 Å². The van der Waals surface area contributed by atoms with Crippen LogP contribution in [0.25, 0.3) is 0 Å². The number of nitrogens with zero attached hydrogens (tertiary/aromatic N) is 3. The molecule has 1 aromatic heterocycles. The van der Waals surface area contributed by atoms with E-state index in [0.717, 1.165) is 13.0 Å². The van der Waals surface area contributed by atoms with Crippen LogP contribution in [0.4, 0.5) is 0 Å². The van der Waals surface area contributed by atoms with Crippen molar-refractivity contribution in [2.75, 3.05) is 0 Å². The summed E-state index contributed by atoms with van der Waals surface area (Å²) < 4.78 is 1.77. The Balaban J connectivity index is 2.14. The number of Topliss-reactive ketones (excluding diaryl/α,β-unsaturated/α-hetero) is 1. The lowest BCUT2D eigenvalue weighted by Gasteiger charge is -2.04. The Morgan fingerprint density at radius 1 is 1.44 bits per heavy atom. The van der Waals surface area contributed by atoms with Gasteiger partial charge in [-0.05, 0) is 18.6 Å². The second-order valence-electron chi connectivity index (χ2n) is 4.01. The summed E-state index contributed by atoms with van der Waals surface area (Å²) in [6, 6.07) is 6.95. The smallest absolute Gasteiger partial charge is 0.170 e. The van der Waals surface area contributed by atoms with Crippen LogP contribution in [0, 0.1) is 0 Å². The number of aromatic nitrogens is 3. The minimum Gasteiger partial charge on any atom is -0.294 e. The summed E-state index contributed by atoms with van der Waals surface area (Å²) in [5, 5.41) is 4.66. The van der Waals surface area contributed by atoms with E-state index in [-0.39, 0.29) is 12.2 Å². The van der Waals surface area contributed by atoms with Crippen LogP contribution in [-0.4, -0.2) is 20.5 Å². The Kier molecular flexibility index (Phi) is 4.10. The van der Waals surface area contributed by atoms with Crippen molar-refractivity contribution >= 4 is 17.4 Å². The van der Waals surface area contributed by atoms with Crippen molar-refractivity contribution in [2.24, 2.45) is 0 Å². The van der Waals surface area contributed by atoms with Gasteiger partial charge in [0.2, 0.25) is 0 Å². The fraction of sp³-hybridized carbons (Fsp3) is 0.308. The summed E-state index contributed by atoms with van der Waals surface area (Å²) in [6.45, 7) is 2.84. The highest BCUT2D eigenvalue weighted by molar-refractivity contribution is 6.31. The van der Waals surface area contributed by atoms with E-state index in [2.05, 4.69) is 17.0 Å². The van der Waals surface area contributed by atoms with Gasteiger partial charge in [0.15, 0.2) is 5.78 Å². The molecule has 0 spiro atoms. The molecule has 2 aromatic rings. The summed E-state index contributed by atoms with van der Waals surface area (Å²) in [5.41, 5.74) is 0.605. The van der Waals surface area contributed by atoms with Gasteiger partial charge in [0.25, 0.3) is 0 Å². The average molecular weight is 264 g/mol. The molecule has 0 radical (unpaired) electrons. The summed E-state index contributed by atoms with van der Waals surface area (Å²) in [6.07, 6.45) is 2.69. The molecule has 1 aromatic carbocycles. The molecule has 94 valence electrons. The third kappa shape index (κ3) is 2.96. The summed E-state index contributed by atoms with van der Waals surface area (Å²) in [4.78, 5) is 16.2. The van der Waals surface area contributed by atoms with Crippen LogP contribution in [0.3, 0.4) is 0 Å². The number of carbonyl (C=O) groups excluding carboxylic acids is 1. The zero-order valence-corrected chi connectivity index (χ0v) is 10.9. The van der Waals surface area contributed by atoms with Gasteiger partial charge in [-0.3, -0.25) is 4.79 Å². The molecule has 1 heterocycles. The molecule has 18 heavy (non-hydrogen) atoms. The minimum absolute atomic E-state index is 0.00264. The molecule has 0 aliphatic rings. The van der Waals surface area contributed by atoms with Gasteiger partial charge >= 0.3 is 0 Å². The minimum atomic E-state index is 0.00264. The van der Waals surface area contributed by atoms with E-state index in [1.165, 1.54) is 6.33 Å². The topological polar surface area (TPSA) is 47.8 Å². The molecule has 2 rings (SSSR count). The first-order valence-electron chi connectivity index (χ1n) is 5.86. The zero-order chi connectivity index (χ0) is 13.0. The molecule has 0 aliphatic carbocycles. The molecule has 0 unspecified atom stereocenters. The van der Waals surface area contributed by atoms with Crippen molar-refractivity contribution in [3.8, 4) is 0 Å². The average Bonchev–Trinajstić information content (AvgIpc) is 2.77. The third-order valence-corrected chi connectivity index (χ3v) is 2.83. The number of benzene rings is 1. The van der Waals surface area contributed by atoms with Gasteiger partial charge in [0.1, 0.15) is 12.2 Å². The Bertz CT molecular complexity index is 551. The lowest BCUT2D eigenvalue weighted by atomic mass is 10.1. The largest absolute Gasteiger partial charge is 0.294 e. The van der Waals surface area contributed by atoms with Crippen molar-refractivity contribution in [3.05, 3.63) is 47.0 Å². The molecule has 4 nitrogen and oxygen atoms in total. The SMILES string of the molecule is CCCn1ncnc1CC(=O)c1cccc(Cl)c1. The number of hydrogen-bond donors (Lipinski definition) is 0. The maximum atomic E-state index is 12.1. The number of ketones is 1. The third-order valence-electron chi connectivity index (χ3n) is 2.60. The molecule has 0 aliphatic heterocycles. The fourth-order valence-corrected chi connectivity index (χ4v) is 1.92. The number of aryl methyl sites for hydroxylation is 1. The van der Waals surface area contributed by atoms with Crippen molar-refractivity contribution in [3.63, 3.8) is 0 Å². The Hall–Kier alpha value is -1.68. The summed E-state index contributed by atoms with van der Waals surface area (Å²) >= 11 is 5.87.